The van der Waals surface area contributed by atoms with Crippen molar-refractivity contribution in [3.8, 4) is 0 Å². The molecule has 1 aromatic carbocycles. The number of thioether (sulfide) groups is 1. The highest BCUT2D eigenvalue weighted by atomic mass is 32.2. The van der Waals surface area contributed by atoms with Gasteiger partial charge in [-0.3, -0.25) is 4.79 Å². The maximum Gasteiger partial charge on any atom is 0.234 e. The monoisotopic (exact) mass is 234 g/mol. The summed E-state index contributed by atoms with van der Waals surface area (Å²) in [5.74, 6) is 0.831. The Labute approximate surface area is 96.5 Å². The van der Waals surface area contributed by atoms with Crippen LogP contribution in [0.4, 0.5) is 0 Å². The average molecular weight is 234 g/mol. The second kappa shape index (κ2) is 4.64. The summed E-state index contributed by atoms with van der Waals surface area (Å²) in [6.07, 6.45) is 1.85. The summed E-state index contributed by atoms with van der Waals surface area (Å²) in [6.45, 7) is 3.68. The highest BCUT2D eigenvalue weighted by molar-refractivity contribution is 7.99. The van der Waals surface area contributed by atoms with Crippen molar-refractivity contribution in [1.29, 1.82) is 0 Å². The highest BCUT2D eigenvalue weighted by Crippen LogP contribution is 2.27. The van der Waals surface area contributed by atoms with E-state index in [1.165, 1.54) is 11.3 Å². The Morgan fingerprint density at radius 2 is 2.20 bits per heavy atom. The van der Waals surface area contributed by atoms with Crippen LogP contribution in [0.5, 0.6) is 0 Å². The molecule has 3 heteroatoms. The van der Waals surface area contributed by atoms with Gasteiger partial charge in [0.15, 0.2) is 0 Å². The van der Waals surface area contributed by atoms with Crippen molar-refractivity contribution in [1.82, 2.24) is 0 Å². The second-order valence-electron chi connectivity index (χ2n) is 3.03. The molecule has 0 amide bonds. The standard InChI is InChI=1S/C12H10OS2/c1-2-7-14-11-8-12(13)15-10-6-4-3-5-9(10)11/h2-6,8H,1,7H2. The van der Waals surface area contributed by atoms with Crippen molar-refractivity contribution < 1.29 is 0 Å². The van der Waals surface area contributed by atoms with E-state index in [9.17, 15) is 4.79 Å². The first kappa shape index (κ1) is 10.5. The lowest BCUT2D eigenvalue weighted by molar-refractivity contribution is 1.54. The summed E-state index contributed by atoms with van der Waals surface area (Å²) < 4.78 is 1.16. The van der Waals surface area contributed by atoms with Crippen LogP contribution in [0, 0.1) is 0 Å². The molecule has 0 unspecified atom stereocenters. The number of fused-ring (bicyclic) bond motifs is 1. The Morgan fingerprint density at radius 3 is 3.00 bits per heavy atom. The number of benzene rings is 1. The van der Waals surface area contributed by atoms with E-state index in [4.69, 9.17) is 0 Å². The van der Waals surface area contributed by atoms with Gasteiger partial charge in [0.05, 0.1) is 0 Å². The van der Waals surface area contributed by atoms with Crippen molar-refractivity contribution in [3.05, 3.63) is 52.5 Å². The minimum atomic E-state index is 0.111. The molecule has 0 saturated carbocycles. The fourth-order valence-corrected chi connectivity index (χ4v) is 3.14. The Bertz CT molecular complexity index is 543. The van der Waals surface area contributed by atoms with E-state index in [1.807, 2.05) is 24.3 Å². The Hall–Kier alpha value is -1.06. The average Bonchev–Trinajstić information content (AvgIpc) is 2.25. The zero-order valence-electron chi connectivity index (χ0n) is 8.10. The summed E-state index contributed by atoms with van der Waals surface area (Å²) in [4.78, 5) is 12.5. The van der Waals surface area contributed by atoms with Gasteiger partial charge < -0.3 is 0 Å². The van der Waals surface area contributed by atoms with Crippen LogP contribution in [0.2, 0.25) is 0 Å². The molecule has 76 valence electrons. The summed E-state index contributed by atoms with van der Waals surface area (Å²) in [5, 5.41) is 1.16. The van der Waals surface area contributed by atoms with Crippen molar-refractivity contribution in [2.75, 3.05) is 5.75 Å². The third-order valence-electron chi connectivity index (χ3n) is 1.97. The molecule has 0 fully saturated rings. The van der Waals surface area contributed by atoms with Gasteiger partial charge in [-0.2, -0.15) is 0 Å². The molecule has 0 aliphatic carbocycles. The molecule has 0 bridgehead atoms. The maximum absolute atomic E-state index is 11.4. The molecule has 1 aromatic heterocycles. The van der Waals surface area contributed by atoms with Gasteiger partial charge in [-0.05, 0) is 6.07 Å². The Morgan fingerprint density at radius 1 is 1.40 bits per heavy atom. The molecule has 2 rings (SSSR count). The van der Waals surface area contributed by atoms with Crippen LogP contribution in [0.1, 0.15) is 0 Å². The summed E-state index contributed by atoms with van der Waals surface area (Å²) in [7, 11) is 0. The summed E-state index contributed by atoms with van der Waals surface area (Å²) in [6, 6.07) is 9.70. The van der Waals surface area contributed by atoms with Gasteiger partial charge in [0.25, 0.3) is 0 Å². The van der Waals surface area contributed by atoms with Gasteiger partial charge in [0.1, 0.15) is 0 Å². The van der Waals surface area contributed by atoms with E-state index < -0.39 is 0 Å². The van der Waals surface area contributed by atoms with Gasteiger partial charge in [0.2, 0.25) is 4.74 Å². The molecule has 0 saturated heterocycles. The fraction of sp³-hybridized carbons (Fsp3) is 0.0833. The Balaban J connectivity index is 2.60. The van der Waals surface area contributed by atoms with Gasteiger partial charge in [-0.25, -0.2) is 0 Å². The minimum absolute atomic E-state index is 0.111. The van der Waals surface area contributed by atoms with Crippen molar-refractivity contribution >= 4 is 33.2 Å². The van der Waals surface area contributed by atoms with Gasteiger partial charge in [-0.15, -0.1) is 18.3 Å². The van der Waals surface area contributed by atoms with E-state index in [2.05, 4.69) is 12.6 Å². The first-order valence-corrected chi connectivity index (χ1v) is 6.38. The molecule has 0 aliphatic heterocycles. The van der Waals surface area contributed by atoms with Crippen LogP contribution in [-0.4, -0.2) is 5.75 Å². The van der Waals surface area contributed by atoms with Crippen LogP contribution in [0.3, 0.4) is 0 Å². The predicted molar refractivity (Wildman–Crippen MR) is 69.0 cm³/mol. The molecule has 15 heavy (non-hydrogen) atoms. The molecule has 1 heterocycles. The van der Waals surface area contributed by atoms with E-state index in [1.54, 1.807) is 17.8 Å². The third kappa shape index (κ3) is 2.30. The summed E-state index contributed by atoms with van der Waals surface area (Å²) in [5.41, 5.74) is 0. The van der Waals surface area contributed by atoms with Crippen LogP contribution < -0.4 is 4.74 Å². The molecule has 2 aromatic rings. The number of rotatable bonds is 3. The minimum Gasteiger partial charge on any atom is -0.278 e. The van der Waals surface area contributed by atoms with E-state index in [0.29, 0.717) is 0 Å². The zero-order chi connectivity index (χ0) is 10.7. The topological polar surface area (TPSA) is 17.1 Å². The van der Waals surface area contributed by atoms with Gasteiger partial charge in [0, 0.05) is 26.8 Å². The van der Waals surface area contributed by atoms with E-state index in [-0.39, 0.29) is 4.74 Å². The number of hydrogen-bond acceptors (Lipinski definition) is 3. The molecule has 0 radical (unpaired) electrons. The van der Waals surface area contributed by atoms with Gasteiger partial charge in [-0.1, -0.05) is 35.6 Å². The zero-order valence-corrected chi connectivity index (χ0v) is 9.74. The molecule has 0 atom stereocenters. The number of hydrogen-bond donors (Lipinski definition) is 0. The smallest absolute Gasteiger partial charge is 0.234 e. The van der Waals surface area contributed by atoms with Gasteiger partial charge >= 0.3 is 0 Å². The molecular formula is C12H10OS2. The lowest BCUT2D eigenvalue weighted by atomic mass is 10.2. The van der Waals surface area contributed by atoms with Crippen LogP contribution in [0.15, 0.2) is 52.7 Å². The lowest BCUT2D eigenvalue weighted by Gasteiger charge is -2.02. The van der Waals surface area contributed by atoms with Crippen molar-refractivity contribution in [3.63, 3.8) is 0 Å². The first-order valence-electron chi connectivity index (χ1n) is 4.58. The molecule has 0 aliphatic rings. The molecule has 1 nitrogen and oxygen atoms in total. The van der Waals surface area contributed by atoms with Crippen LogP contribution >= 0.6 is 23.1 Å². The molecule has 0 spiro atoms. The predicted octanol–water partition coefficient (Wildman–Crippen LogP) is 3.54. The van der Waals surface area contributed by atoms with E-state index >= 15 is 0 Å². The van der Waals surface area contributed by atoms with Crippen molar-refractivity contribution in [2.45, 2.75) is 4.90 Å². The maximum atomic E-state index is 11.4. The Kier molecular flexibility index (Phi) is 3.23. The normalized spacial score (nSPS) is 10.4. The fourth-order valence-electron chi connectivity index (χ4n) is 1.35. The summed E-state index contributed by atoms with van der Waals surface area (Å²) >= 11 is 2.95. The first-order chi connectivity index (χ1) is 7.31. The lowest BCUT2D eigenvalue weighted by Crippen LogP contribution is -1.92. The largest absolute Gasteiger partial charge is 0.278 e. The van der Waals surface area contributed by atoms with Crippen molar-refractivity contribution in [2.24, 2.45) is 0 Å². The molecular weight excluding hydrogens is 224 g/mol. The second-order valence-corrected chi connectivity index (χ2v) is 5.13. The molecule has 0 N–H and O–H groups in total. The quantitative estimate of drug-likeness (QED) is 0.597. The van der Waals surface area contributed by atoms with Crippen LogP contribution in [-0.2, 0) is 0 Å². The highest BCUT2D eigenvalue weighted by Gasteiger charge is 2.02. The SMILES string of the molecule is C=CCSc1cc(=O)sc2ccccc12. The van der Waals surface area contributed by atoms with E-state index in [0.717, 1.165) is 20.7 Å². The van der Waals surface area contributed by atoms with Crippen LogP contribution in [0.25, 0.3) is 10.1 Å². The third-order valence-corrected chi connectivity index (χ3v) is 3.91.